The molecule has 0 aliphatic heterocycles. The first kappa shape index (κ1) is 14.3. The Labute approximate surface area is 120 Å². The van der Waals surface area contributed by atoms with Gasteiger partial charge in [0.05, 0.1) is 6.10 Å². The van der Waals surface area contributed by atoms with Crippen molar-refractivity contribution in [2.75, 3.05) is 0 Å². The number of aliphatic hydroxyl groups is 2. The number of hydrogen-bond donors (Lipinski definition) is 2. The van der Waals surface area contributed by atoms with E-state index in [0.29, 0.717) is 6.42 Å². The summed E-state index contributed by atoms with van der Waals surface area (Å²) in [7, 11) is 0. The van der Waals surface area contributed by atoms with Crippen LogP contribution >= 0.6 is 0 Å². The highest BCUT2D eigenvalue weighted by atomic mass is 16.6. The van der Waals surface area contributed by atoms with Crippen molar-refractivity contribution in [3.8, 4) is 0 Å². The zero-order valence-corrected chi connectivity index (χ0v) is 12.3. The number of carbonyl (C=O) groups excluding carboxylic acids is 1. The van der Waals surface area contributed by atoms with Gasteiger partial charge in [-0.05, 0) is 32.1 Å². The van der Waals surface area contributed by atoms with E-state index in [1.165, 1.54) is 6.92 Å². The minimum atomic E-state index is -1.03. The van der Waals surface area contributed by atoms with Crippen LogP contribution in [0.5, 0.6) is 0 Å². The second kappa shape index (κ2) is 4.99. The second-order valence-corrected chi connectivity index (χ2v) is 6.94. The Hall–Kier alpha value is -0.610. The fourth-order valence-electron chi connectivity index (χ4n) is 5.24. The summed E-state index contributed by atoms with van der Waals surface area (Å²) in [6.07, 6.45) is 7.73. The van der Waals surface area contributed by atoms with Gasteiger partial charge in [0.1, 0.15) is 11.2 Å². The number of fused-ring (bicyclic) bond motifs is 4. The molecule has 5 atom stereocenters. The van der Waals surface area contributed by atoms with Gasteiger partial charge in [0, 0.05) is 18.8 Å². The van der Waals surface area contributed by atoms with E-state index in [9.17, 15) is 15.0 Å². The predicted octanol–water partition coefficient (Wildman–Crippen LogP) is 2.16. The summed E-state index contributed by atoms with van der Waals surface area (Å²) in [4.78, 5) is 11.6. The fourth-order valence-corrected chi connectivity index (χ4v) is 5.24. The Morgan fingerprint density at radius 2 is 1.65 bits per heavy atom. The maximum absolute atomic E-state index is 11.6. The molecular formula is C16H26O4. The van der Waals surface area contributed by atoms with E-state index >= 15 is 0 Å². The van der Waals surface area contributed by atoms with Crippen LogP contribution in [-0.4, -0.2) is 33.5 Å². The summed E-state index contributed by atoms with van der Waals surface area (Å²) in [6.45, 7) is 1.46. The highest BCUT2D eigenvalue weighted by Gasteiger charge is 2.74. The number of aliphatic hydroxyl groups excluding tert-OH is 1. The van der Waals surface area contributed by atoms with Crippen molar-refractivity contribution in [1.29, 1.82) is 0 Å². The molecule has 0 radical (unpaired) electrons. The van der Waals surface area contributed by atoms with Gasteiger partial charge in [0.2, 0.25) is 0 Å². The molecule has 0 unspecified atom stereocenters. The van der Waals surface area contributed by atoms with Crippen LogP contribution in [0.3, 0.4) is 0 Å². The van der Waals surface area contributed by atoms with Crippen molar-refractivity contribution in [1.82, 2.24) is 0 Å². The van der Waals surface area contributed by atoms with Gasteiger partial charge >= 0.3 is 5.97 Å². The van der Waals surface area contributed by atoms with Gasteiger partial charge in [0.15, 0.2) is 0 Å². The fraction of sp³-hybridized carbons (Fsp3) is 0.938. The van der Waals surface area contributed by atoms with Crippen molar-refractivity contribution in [2.45, 2.75) is 82.0 Å². The van der Waals surface area contributed by atoms with Gasteiger partial charge in [-0.2, -0.15) is 0 Å². The summed E-state index contributed by atoms with van der Waals surface area (Å²) in [5.74, 6) is -0.420. The molecule has 4 nitrogen and oxygen atoms in total. The lowest BCUT2D eigenvalue weighted by Gasteiger charge is -2.65. The zero-order chi connectivity index (χ0) is 14.4. The molecule has 0 bridgehead atoms. The Bertz CT molecular complexity index is 382. The highest BCUT2D eigenvalue weighted by molar-refractivity contribution is 5.67. The number of esters is 1. The topological polar surface area (TPSA) is 66.8 Å². The third kappa shape index (κ3) is 1.84. The molecule has 4 heteroatoms. The Kier molecular flexibility index (Phi) is 3.57. The van der Waals surface area contributed by atoms with Crippen LogP contribution in [0.4, 0.5) is 0 Å². The maximum atomic E-state index is 11.6. The van der Waals surface area contributed by atoms with Crippen LogP contribution in [0.2, 0.25) is 0 Å². The van der Waals surface area contributed by atoms with Crippen LogP contribution in [-0.2, 0) is 9.53 Å². The molecule has 2 N–H and O–H groups in total. The Morgan fingerprint density at radius 1 is 1.05 bits per heavy atom. The lowest BCUT2D eigenvalue weighted by atomic mass is 9.46. The van der Waals surface area contributed by atoms with E-state index in [1.807, 2.05) is 0 Å². The molecule has 0 aromatic rings. The standard InChI is InChI=1S/C16H26O4/c1-11(17)20-15-10-6-2-3-7-12(15)16(19)13(15)8-4-5-9-14(16)18/h12-14,18-19H,2-10H2,1H3/t12-,13+,14+,15+,16-/m1/s1. The van der Waals surface area contributed by atoms with E-state index in [2.05, 4.69) is 0 Å². The molecule has 3 fully saturated rings. The smallest absolute Gasteiger partial charge is 0.303 e. The van der Waals surface area contributed by atoms with Crippen LogP contribution < -0.4 is 0 Å². The first-order chi connectivity index (χ1) is 9.52. The van der Waals surface area contributed by atoms with Gasteiger partial charge in [0.25, 0.3) is 0 Å². The minimum absolute atomic E-state index is 0.0838. The molecule has 0 spiro atoms. The van der Waals surface area contributed by atoms with Gasteiger partial charge in [-0.3, -0.25) is 4.79 Å². The Balaban J connectivity index is 1.97. The van der Waals surface area contributed by atoms with Crippen LogP contribution in [0, 0.1) is 11.8 Å². The summed E-state index contributed by atoms with van der Waals surface area (Å²) in [5.41, 5.74) is -1.54. The average Bonchev–Trinajstić information content (AvgIpc) is 2.64. The SMILES string of the molecule is CC(=O)O[C@@]12CCCCC[C@H]1[C@]1(O)[C@@H](O)CCCC[C@@H]21. The monoisotopic (exact) mass is 282 g/mol. The highest BCUT2D eigenvalue weighted by Crippen LogP contribution is 2.64. The lowest BCUT2D eigenvalue weighted by molar-refractivity contribution is -0.324. The molecule has 0 aromatic carbocycles. The summed E-state index contributed by atoms with van der Waals surface area (Å²) >= 11 is 0. The first-order valence-corrected chi connectivity index (χ1v) is 8.12. The molecule has 0 saturated heterocycles. The van der Waals surface area contributed by atoms with Crippen LogP contribution in [0.1, 0.15) is 64.7 Å². The summed E-state index contributed by atoms with van der Waals surface area (Å²) in [6, 6.07) is 0. The quantitative estimate of drug-likeness (QED) is 0.723. The van der Waals surface area contributed by atoms with Crippen molar-refractivity contribution in [3.05, 3.63) is 0 Å². The number of hydrogen-bond acceptors (Lipinski definition) is 4. The van der Waals surface area contributed by atoms with E-state index in [1.54, 1.807) is 0 Å². The molecule has 0 heterocycles. The van der Waals surface area contributed by atoms with Crippen molar-refractivity contribution in [2.24, 2.45) is 11.8 Å². The maximum Gasteiger partial charge on any atom is 0.303 e. The van der Waals surface area contributed by atoms with Gasteiger partial charge in [-0.1, -0.05) is 25.7 Å². The van der Waals surface area contributed by atoms with Gasteiger partial charge < -0.3 is 14.9 Å². The van der Waals surface area contributed by atoms with Crippen LogP contribution in [0.15, 0.2) is 0 Å². The number of carbonyl (C=O) groups is 1. The van der Waals surface area contributed by atoms with Gasteiger partial charge in [-0.25, -0.2) is 0 Å². The first-order valence-electron chi connectivity index (χ1n) is 8.12. The van der Waals surface area contributed by atoms with Crippen molar-refractivity contribution < 1.29 is 19.7 Å². The minimum Gasteiger partial charge on any atom is -0.458 e. The van der Waals surface area contributed by atoms with Crippen molar-refractivity contribution >= 4 is 5.97 Å². The third-order valence-corrected chi connectivity index (χ3v) is 5.94. The van der Waals surface area contributed by atoms with Crippen LogP contribution in [0.25, 0.3) is 0 Å². The van der Waals surface area contributed by atoms with E-state index in [4.69, 9.17) is 4.74 Å². The Morgan fingerprint density at radius 3 is 2.30 bits per heavy atom. The van der Waals surface area contributed by atoms with E-state index in [-0.39, 0.29) is 17.8 Å². The third-order valence-electron chi connectivity index (χ3n) is 5.94. The molecular weight excluding hydrogens is 256 g/mol. The molecule has 3 saturated carbocycles. The molecule has 20 heavy (non-hydrogen) atoms. The normalized spacial score (nSPS) is 48.0. The molecule has 114 valence electrons. The van der Waals surface area contributed by atoms with Crippen molar-refractivity contribution in [3.63, 3.8) is 0 Å². The molecule has 3 rings (SSSR count). The molecule has 3 aliphatic carbocycles. The average molecular weight is 282 g/mol. The number of ether oxygens (including phenoxy) is 1. The predicted molar refractivity (Wildman–Crippen MR) is 74.0 cm³/mol. The molecule has 3 aliphatic rings. The van der Waals surface area contributed by atoms with Gasteiger partial charge in [-0.15, -0.1) is 0 Å². The zero-order valence-electron chi connectivity index (χ0n) is 12.3. The molecule has 0 amide bonds. The van der Waals surface area contributed by atoms with E-state index in [0.717, 1.165) is 51.4 Å². The lowest BCUT2D eigenvalue weighted by Crippen LogP contribution is -2.78. The second-order valence-electron chi connectivity index (χ2n) is 6.94. The number of rotatable bonds is 1. The molecule has 0 aromatic heterocycles. The largest absolute Gasteiger partial charge is 0.458 e. The summed E-state index contributed by atoms with van der Waals surface area (Å²) < 4.78 is 5.79. The summed E-state index contributed by atoms with van der Waals surface area (Å²) in [5, 5.41) is 21.6. The van der Waals surface area contributed by atoms with E-state index < -0.39 is 17.3 Å².